The predicted molar refractivity (Wildman–Crippen MR) is 88.4 cm³/mol. The summed E-state index contributed by atoms with van der Waals surface area (Å²) in [6.45, 7) is 4.87. The molecule has 0 radical (unpaired) electrons. The number of hydrogen-bond acceptors (Lipinski definition) is 3. The fourth-order valence-electron chi connectivity index (χ4n) is 3.22. The Balaban J connectivity index is 1.61. The van der Waals surface area contributed by atoms with Gasteiger partial charge < -0.3 is 9.64 Å². The Labute approximate surface area is 145 Å². The van der Waals surface area contributed by atoms with Gasteiger partial charge in [-0.2, -0.15) is 5.10 Å². The maximum atomic E-state index is 13.6. The van der Waals surface area contributed by atoms with Crippen LogP contribution in [0.25, 0.3) is 0 Å². The molecule has 1 atom stereocenters. The summed E-state index contributed by atoms with van der Waals surface area (Å²) in [4.78, 5) is 14.1. The largest absolute Gasteiger partial charge is 0.481 e. The zero-order valence-corrected chi connectivity index (χ0v) is 14.3. The highest BCUT2D eigenvalue weighted by atomic mass is 19.1. The van der Waals surface area contributed by atoms with Gasteiger partial charge in [0.05, 0.1) is 11.7 Å². The van der Waals surface area contributed by atoms with Gasteiger partial charge in [-0.1, -0.05) is 0 Å². The monoisotopic (exact) mass is 349 g/mol. The number of carbonyl (C=O) groups excluding carboxylic acids is 1. The number of likely N-dealkylation sites (tertiary alicyclic amines) is 1. The van der Waals surface area contributed by atoms with Crippen LogP contribution in [0.5, 0.6) is 5.75 Å². The molecule has 134 valence electrons. The van der Waals surface area contributed by atoms with Gasteiger partial charge in [0.15, 0.2) is 18.2 Å². The minimum Gasteiger partial charge on any atom is -0.481 e. The molecule has 2 heterocycles. The van der Waals surface area contributed by atoms with E-state index in [1.54, 1.807) is 4.90 Å². The highest BCUT2D eigenvalue weighted by Gasteiger charge is 2.26. The maximum absolute atomic E-state index is 13.6. The molecule has 2 aromatic rings. The van der Waals surface area contributed by atoms with E-state index in [1.165, 1.54) is 6.07 Å². The average molecular weight is 349 g/mol. The number of aryl methyl sites for hydroxylation is 2. The Morgan fingerprint density at radius 3 is 2.80 bits per heavy atom. The Hall–Kier alpha value is -2.44. The third kappa shape index (κ3) is 3.97. The van der Waals surface area contributed by atoms with Crippen molar-refractivity contribution in [3.05, 3.63) is 47.3 Å². The van der Waals surface area contributed by atoms with Crippen LogP contribution in [-0.2, 0) is 4.79 Å². The number of nitrogens with zero attached hydrogens (tertiary/aromatic N) is 3. The van der Waals surface area contributed by atoms with Gasteiger partial charge in [0.25, 0.3) is 5.91 Å². The molecule has 0 unspecified atom stereocenters. The van der Waals surface area contributed by atoms with Gasteiger partial charge in [-0.3, -0.25) is 9.48 Å². The minimum atomic E-state index is -0.813. The summed E-state index contributed by atoms with van der Waals surface area (Å²) >= 11 is 0. The first-order valence-electron chi connectivity index (χ1n) is 8.32. The first-order valence-corrected chi connectivity index (χ1v) is 8.32. The number of amides is 1. The zero-order valence-electron chi connectivity index (χ0n) is 14.3. The van der Waals surface area contributed by atoms with Crippen molar-refractivity contribution in [3.8, 4) is 5.75 Å². The molecule has 1 saturated heterocycles. The molecule has 1 aliphatic rings. The molecule has 1 aromatic heterocycles. The Bertz CT molecular complexity index is 776. The number of aromatic nitrogens is 2. The average Bonchev–Trinajstić information content (AvgIpc) is 2.92. The van der Waals surface area contributed by atoms with E-state index in [0.29, 0.717) is 13.1 Å². The molecule has 7 heteroatoms. The third-order valence-electron chi connectivity index (χ3n) is 4.38. The van der Waals surface area contributed by atoms with Crippen molar-refractivity contribution in [1.29, 1.82) is 0 Å². The number of piperidine rings is 1. The Kier molecular flexibility index (Phi) is 5.01. The van der Waals surface area contributed by atoms with Gasteiger partial charge in [-0.05, 0) is 44.9 Å². The lowest BCUT2D eigenvalue weighted by Gasteiger charge is -2.33. The lowest BCUT2D eigenvalue weighted by molar-refractivity contribution is -0.135. The van der Waals surface area contributed by atoms with Crippen LogP contribution in [-0.4, -0.2) is 40.3 Å². The molecule has 0 bridgehead atoms. The second-order valence-electron chi connectivity index (χ2n) is 6.37. The molecule has 1 aromatic carbocycles. The molecule has 0 aliphatic carbocycles. The Morgan fingerprint density at radius 2 is 2.12 bits per heavy atom. The number of halogens is 2. The highest BCUT2D eigenvalue weighted by Crippen LogP contribution is 2.23. The fraction of sp³-hybridized carbons (Fsp3) is 0.444. The summed E-state index contributed by atoms with van der Waals surface area (Å²) in [5.41, 5.74) is 2.03. The molecule has 25 heavy (non-hydrogen) atoms. The fourth-order valence-corrected chi connectivity index (χ4v) is 3.22. The van der Waals surface area contributed by atoms with Crippen molar-refractivity contribution in [2.75, 3.05) is 19.7 Å². The van der Waals surface area contributed by atoms with E-state index in [2.05, 4.69) is 5.10 Å². The molecule has 1 aliphatic heterocycles. The molecule has 1 fully saturated rings. The van der Waals surface area contributed by atoms with E-state index < -0.39 is 11.6 Å². The number of rotatable bonds is 4. The lowest BCUT2D eigenvalue weighted by Crippen LogP contribution is -2.43. The number of carbonyl (C=O) groups is 1. The second kappa shape index (κ2) is 7.21. The smallest absolute Gasteiger partial charge is 0.260 e. The van der Waals surface area contributed by atoms with Crippen LogP contribution in [0.4, 0.5) is 8.78 Å². The topological polar surface area (TPSA) is 47.4 Å². The first-order chi connectivity index (χ1) is 11.9. The Morgan fingerprint density at radius 1 is 1.32 bits per heavy atom. The molecule has 3 rings (SSSR count). The number of ether oxygens (including phenoxy) is 1. The second-order valence-corrected chi connectivity index (χ2v) is 6.37. The van der Waals surface area contributed by atoms with Crippen LogP contribution in [0.3, 0.4) is 0 Å². The lowest BCUT2D eigenvalue weighted by atomic mass is 10.1. The molecular weight excluding hydrogens is 328 g/mol. The summed E-state index contributed by atoms with van der Waals surface area (Å²) in [6, 6.07) is 5.17. The van der Waals surface area contributed by atoms with Gasteiger partial charge in [0.1, 0.15) is 5.82 Å². The van der Waals surface area contributed by atoms with Crippen molar-refractivity contribution >= 4 is 5.91 Å². The van der Waals surface area contributed by atoms with Gasteiger partial charge in [-0.25, -0.2) is 8.78 Å². The van der Waals surface area contributed by atoms with Crippen molar-refractivity contribution in [3.63, 3.8) is 0 Å². The van der Waals surface area contributed by atoms with Crippen LogP contribution < -0.4 is 4.74 Å². The minimum absolute atomic E-state index is 0.123. The molecule has 1 amide bonds. The SMILES string of the molecule is Cc1cc(C)n([C@H]2CCCN(C(=O)COc3ccc(F)cc3F)C2)n1. The van der Waals surface area contributed by atoms with E-state index in [1.807, 2.05) is 24.6 Å². The van der Waals surface area contributed by atoms with Crippen molar-refractivity contribution < 1.29 is 18.3 Å². The van der Waals surface area contributed by atoms with Crippen LogP contribution in [0.15, 0.2) is 24.3 Å². The first kappa shape index (κ1) is 17.4. The molecule has 0 N–H and O–H groups in total. The molecule has 0 spiro atoms. The summed E-state index contributed by atoms with van der Waals surface area (Å²) in [7, 11) is 0. The third-order valence-corrected chi connectivity index (χ3v) is 4.38. The molecular formula is C18H21F2N3O2. The van der Waals surface area contributed by atoms with Gasteiger partial charge in [0, 0.05) is 24.8 Å². The van der Waals surface area contributed by atoms with Crippen molar-refractivity contribution in [1.82, 2.24) is 14.7 Å². The van der Waals surface area contributed by atoms with E-state index in [0.717, 1.165) is 36.4 Å². The summed E-state index contributed by atoms with van der Waals surface area (Å²) in [5, 5.41) is 4.50. The molecule has 5 nitrogen and oxygen atoms in total. The summed E-state index contributed by atoms with van der Waals surface area (Å²) in [6.07, 6.45) is 1.83. The van der Waals surface area contributed by atoms with Crippen LogP contribution in [0.1, 0.15) is 30.3 Å². The van der Waals surface area contributed by atoms with Crippen LogP contribution in [0.2, 0.25) is 0 Å². The van der Waals surface area contributed by atoms with Gasteiger partial charge >= 0.3 is 0 Å². The number of hydrogen-bond donors (Lipinski definition) is 0. The predicted octanol–water partition coefficient (Wildman–Crippen LogP) is 3.02. The van der Waals surface area contributed by atoms with Gasteiger partial charge in [-0.15, -0.1) is 0 Å². The van der Waals surface area contributed by atoms with Crippen LogP contribution in [0, 0.1) is 25.5 Å². The number of benzene rings is 1. The van der Waals surface area contributed by atoms with Crippen molar-refractivity contribution in [2.24, 2.45) is 0 Å². The highest BCUT2D eigenvalue weighted by molar-refractivity contribution is 5.77. The maximum Gasteiger partial charge on any atom is 0.260 e. The van der Waals surface area contributed by atoms with E-state index in [9.17, 15) is 13.6 Å². The zero-order chi connectivity index (χ0) is 18.0. The van der Waals surface area contributed by atoms with Crippen molar-refractivity contribution in [2.45, 2.75) is 32.7 Å². The van der Waals surface area contributed by atoms with E-state index in [-0.39, 0.29) is 24.3 Å². The van der Waals surface area contributed by atoms with E-state index >= 15 is 0 Å². The summed E-state index contributed by atoms with van der Waals surface area (Å²) < 4.78 is 33.7. The quantitative estimate of drug-likeness (QED) is 0.852. The van der Waals surface area contributed by atoms with Crippen LogP contribution >= 0.6 is 0 Å². The van der Waals surface area contributed by atoms with Gasteiger partial charge in [0.2, 0.25) is 0 Å². The van der Waals surface area contributed by atoms with E-state index in [4.69, 9.17) is 4.74 Å². The normalized spacial score (nSPS) is 17.6. The molecule has 0 saturated carbocycles. The summed E-state index contributed by atoms with van der Waals surface area (Å²) in [5.74, 6) is -1.83. The standard InChI is InChI=1S/C18H21F2N3O2/c1-12-8-13(2)23(21-12)15-4-3-7-22(10-15)18(24)11-25-17-6-5-14(19)9-16(17)20/h5-6,8-9,15H,3-4,7,10-11H2,1-2H3/t15-/m0/s1.